The number of anilines is 1. The zero-order chi connectivity index (χ0) is 22.8. The molecule has 1 aliphatic heterocycles. The third-order valence-corrected chi connectivity index (χ3v) is 6.23. The van der Waals surface area contributed by atoms with E-state index in [2.05, 4.69) is 16.9 Å². The van der Waals surface area contributed by atoms with Crippen molar-refractivity contribution in [3.63, 3.8) is 0 Å². The molecule has 168 valence electrons. The molecule has 5 rings (SSSR count). The summed E-state index contributed by atoms with van der Waals surface area (Å²) in [5.41, 5.74) is 2.32. The summed E-state index contributed by atoms with van der Waals surface area (Å²) < 4.78 is 1.87. The number of piperazine rings is 1. The van der Waals surface area contributed by atoms with Gasteiger partial charge in [0.15, 0.2) is 5.65 Å². The molecule has 0 aliphatic carbocycles. The summed E-state index contributed by atoms with van der Waals surface area (Å²) in [7, 11) is 0. The van der Waals surface area contributed by atoms with E-state index in [1.165, 1.54) is 0 Å². The predicted molar refractivity (Wildman–Crippen MR) is 130 cm³/mol. The van der Waals surface area contributed by atoms with Gasteiger partial charge in [-0.3, -0.25) is 4.79 Å². The van der Waals surface area contributed by atoms with Gasteiger partial charge in [-0.25, -0.2) is 14.6 Å². The molecule has 4 aromatic rings. The second kappa shape index (κ2) is 9.19. The quantitative estimate of drug-likeness (QED) is 0.442. The van der Waals surface area contributed by atoms with Gasteiger partial charge in [0.2, 0.25) is 0 Å². The fraction of sp³-hybridized carbons (Fsp3) is 0.280. The van der Waals surface area contributed by atoms with Crippen LogP contribution in [0.15, 0.2) is 60.8 Å². The molecule has 1 amide bonds. The van der Waals surface area contributed by atoms with Crippen LogP contribution in [0.2, 0.25) is 5.02 Å². The van der Waals surface area contributed by atoms with E-state index >= 15 is 0 Å². The van der Waals surface area contributed by atoms with E-state index in [1.54, 1.807) is 12.1 Å². The number of benzene rings is 2. The Hall–Kier alpha value is -3.45. The molecule has 0 saturated carbocycles. The minimum atomic E-state index is -0.0309. The number of nitrogens with zero attached hydrogens (tertiary/aromatic N) is 6. The zero-order valence-corrected chi connectivity index (χ0v) is 19.2. The van der Waals surface area contributed by atoms with Crippen molar-refractivity contribution >= 4 is 34.4 Å². The number of aromatic nitrogens is 4. The molecule has 3 heterocycles. The maximum absolute atomic E-state index is 13.0. The minimum Gasteiger partial charge on any atom is -0.352 e. The lowest BCUT2D eigenvalue weighted by Gasteiger charge is -2.35. The first-order valence-electron chi connectivity index (χ1n) is 11.2. The smallest absolute Gasteiger partial charge is 0.255 e. The van der Waals surface area contributed by atoms with Gasteiger partial charge in [-0.15, -0.1) is 0 Å². The van der Waals surface area contributed by atoms with Gasteiger partial charge in [0.25, 0.3) is 5.91 Å². The Labute approximate surface area is 197 Å². The topological polar surface area (TPSA) is 67.2 Å². The van der Waals surface area contributed by atoms with E-state index in [-0.39, 0.29) is 5.91 Å². The van der Waals surface area contributed by atoms with Crippen molar-refractivity contribution in [2.75, 3.05) is 31.1 Å². The van der Waals surface area contributed by atoms with Crippen LogP contribution < -0.4 is 4.90 Å². The van der Waals surface area contributed by atoms with Crippen molar-refractivity contribution in [3.05, 3.63) is 77.2 Å². The molecule has 7 nitrogen and oxygen atoms in total. The van der Waals surface area contributed by atoms with E-state index in [9.17, 15) is 4.79 Å². The van der Waals surface area contributed by atoms with Crippen molar-refractivity contribution in [2.45, 2.75) is 19.8 Å². The summed E-state index contributed by atoms with van der Waals surface area (Å²) in [5.74, 6) is 1.67. The molecule has 0 radical (unpaired) electrons. The summed E-state index contributed by atoms with van der Waals surface area (Å²) in [5, 5.41) is 6.03. The Kier molecular flexibility index (Phi) is 5.96. The first-order valence-corrected chi connectivity index (χ1v) is 11.6. The van der Waals surface area contributed by atoms with Crippen LogP contribution in [0.1, 0.15) is 29.5 Å². The average molecular weight is 461 g/mol. The molecular formula is C25H25ClN6O. The largest absolute Gasteiger partial charge is 0.352 e. The first-order chi connectivity index (χ1) is 16.2. The van der Waals surface area contributed by atoms with E-state index in [0.29, 0.717) is 36.8 Å². The molecule has 0 bridgehead atoms. The maximum atomic E-state index is 13.0. The number of amides is 1. The van der Waals surface area contributed by atoms with Crippen LogP contribution in [-0.4, -0.2) is 56.7 Å². The Balaban J connectivity index is 1.44. The highest BCUT2D eigenvalue weighted by molar-refractivity contribution is 6.33. The molecule has 2 aromatic heterocycles. The average Bonchev–Trinajstić information content (AvgIpc) is 3.28. The molecule has 2 aromatic carbocycles. The predicted octanol–water partition coefficient (Wildman–Crippen LogP) is 4.38. The SMILES string of the molecule is CCCc1nc(N2CCN(C(=O)c3ccccc3Cl)CC2)c2cnn(-c3ccccc3)c2n1. The van der Waals surface area contributed by atoms with Gasteiger partial charge in [-0.2, -0.15) is 5.10 Å². The minimum absolute atomic E-state index is 0.0309. The van der Waals surface area contributed by atoms with Crippen LogP contribution in [0, 0.1) is 0 Å². The number of fused-ring (bicyclic) bond motifs is 1. The Bertz CT molecular complexity index is 1280. The second-order valence-corrected chi connectivity index (χ2v) is 8.51. The number of carbonyl (C=O) groups is 1. The zero-order valence-electron chi connectivity index (χ0n) is 18.5. The molecule has 1 fully saturated rings. The van der Waals surface area contributed by atoms with Crippen LogP contribution >= 0.6 is 11.6 Å². The highest BCUT2D eigenvalue weighted by atomic mass is 35.5. The van der Waals surface area contributed by atoms with Crippen LogP contribution in [0.4, 0.5) is 5.82 Å². The Morgan fingerprint density at radius 3 is 2.42 bits per heavy atom. The molecule has 33 heavy (non-hydrogen) atoms. The molecule has 0 spiro atoms. The van der Waals surface area contributed by atoms with Crippen molar-refractivity contribution in [1.82, 2.24) is 24.6 Å². The molecule has 0 atom stereocenters. The van der Waals surface area contributed by atoms with E-state index in [1.807, 2.05) is 58.2 Å². The van der Waals surface area contributed by atoms with E-state index < -0.39 is 0 Å². The number of aryl methyl sites for hydroxylation is 1. The van der Waals surface area contributed by atoms with Gasteiger partial charge in [0.1, 0.15) is 11.6 Å². The first kappa shape index (κ1) is 21.4. The molecule has 1 aliphatic rings. The van der Waals surface area contributed by atoms with Crippen LogP contribution in [0.3, 0.4) is 0 Å². The maximum Gasteiger partial charge on any atom is 0.255 e. The molecule has 0 unspecified atom stereocenters. The lowest BCUT2D eigenvalue weighted by molar-refractivity contribution is 0.0747. The van der Waals surface area contributed by atoms with Gasteiger partial charge in [-0.05, 0) is 30.7 Å². The number of para-hydroxylation sites is 1. The highest BCUT2D eigenvalue weighted by Gasteiger charge is 2.26. The van der Waals surface area contributed by atoms with Crippen LogP contribution in [0.5, 0.6) is 0 Å². The summed E-state index contributed by atoms with van der Waals surface area (Å²) in [6.07, 6.45) is 3.60. The molecule has 0 N–H and O–H groups in total. The van der Waals surface area contributed by atoms with Crippen molar-refractivity contribution in [1.29, 1.82) is 0 Å². The van der Waals surface area contributed by atoms with Crippen LogP contribution in [0.25, 0.3) is 16.7 Å². The monoisotopic (exact) mass is 460 g/mol. The number of hydrogen-bond donors (Lipinski definition) is 0. The van der Waals surface area contributed by atoms with Gasteiger partial charge >= 0.3 is 0 Å². The van der Waals surface area contributed by atoms with Crippen LogP contribution in [-0.2, 0) is 6.42 Å². The Morgan fingerprint density at radius 2 is 1.70 bits per heavy atom. The molecule has 8 heteroatoms. The van der Waals surface area contributed by atoms with Gasteiger partial charge in [-0.1, -0.05) is 48.9 Å². The summed E-state index contributed by atoms with van der Waals surface area (Å²) in [4.78, 5) is 26.8. The van der Waals surface area contributed by atoms with Gasteiger partial charge in [0, 0.05) is 32.6 Å². The van der Waals surface area contributed by atoms with E-state index in [4.69, 9.17) is 21.6 Å². The van der Waals surface area contributed by atoms with Crippen molar-refractivity contribution in [2.24, 2.45) is 0 Å². The lowest BCUT2D eigenvalue weighted by Crippen LogP contribution is -2.49. The standard InChI is InChI=1S/C25H25ClN6O/c1-2-8-22-28-23(20-17-27-32(24(20)29-22)18-9-4-3-5-10-18)30-13-15-31(16-14-30)25(33)19-11-6-7-12-21(19)26/h3-7,9-12,17H,2,8,13-16H2,1H3. The summed E-state index contributed by atoms with van der Waals surface area (Å²) in [6, 6.07) is 17.2. The lowest BCUT2D eigenvalue weighted by atomic mass is 10.1. The normalized spacial score (nSPS) is 14.1. The highest BCUT2D eigenvalue weighted by Crippen LogP contribution is 2.27. The fourth-order valence-electron chi connectivity index (χ4n) is 4.20. The molecular weight excluding hydrogens is 436 g/mol. The Morgan fingerprint density at radius 1 is 0.970 bits per heavy atom. The number of carbonyl (C=O) groups excluding carboxylic acids is 1. The number of rotatable bonds is 5. The fourth-order valence-corrected chi connectivity index (χ4v) is 4.41. The third kappa shape index (κ3) is 4.16. The van der Waals surface area contributed by atoms with Gasteiger partial charge < -0.3 is 9.80 Å². The van der Waals surface area contributed by atoms with Crippen molar-refractivity contribution < 1.29 is 4.79 Å². The van der Waals surface area contributed by atoms with Crippen molar-refractivity contribution in [3.8, 4) is 5.69 Å². The number of halogens is 1. The second-order valence-electron chi connectivity index (χ2n) is 8.10. The van der Waals surface area contributed by atoms with E-state index in [0.717, 1.165) is 41.2 Å². The third-order valence-electron chi connectivity index (χ3n) is 5.90. The summed E-state index contributed by atoms with van der Waals surface area (Å²) in [6.45, 7) is 4.70. The molecule has 1 saturated heterocycles. The number of hydrogen-bond acceptors (Lipinski definition) is 5. The summed E-state index contributed by atoms with van der Waals surface area (Å²) >= 11 is 6.24. The van der Waals surface area contributed by atoms with Gasteiger partial charge in [0.05, 0.1) is 27.9 Å².